The van der Waals surface area contributed by atoms with Gasteiger partial charge in [0.2, 0.25) is 0 Å². The van der Waals surface area contributed by atoms with Gasteiger partial charge < -0.3 is 16.4 Å². The first kappa shape index (κ1) is 13.6. The molecule has 0 aliphatic heterocycles. The summed E-state index contributed by atoms with van der Waals surface area (Å²) in [5, 5.41) is 0. The van der Waals surface area contributed by atoms with Crippen LogP contribution in [0.25, 0.3) is 0 Å². The summed E-state index contributed by atoms with van der Waals surface area (Å²) in [6.07, 6.45) is 4.73. The van der Waals surface area contributed by atoms with Gasteiger partial charge in [0.05, 0.1) is 5.69 Å². The molecule has 1 saturated carbocycles. The lowest BCUT2D eigenvalue weighted by Gasteiger charge is -2.34. The Morgan fingerprint density at radius 1 is 1.32 bits per heavy atom. The maximum Gasteiger partial charge on any atom is 0.267 e. The molecule has 2 rings (SSSR count). The van der Waals surface area contributed by atoms with Gasteiger partial charge in [-0.25, -0.2) is 4.98 Å². The molecule has 5 nitrogen and oxygen atoms in total. The van der Waals surface area contributed by atoms with Gasteiger partial charge in [0.1, 0.15) is 5.69 Å². The van der Waals surface area contributed by atoms with Crippen LogP contribution in [0.15, 0.2) is 12.1 Å². The average Bonchev–Trinajstić information content (AvgIpc) is 2.39. The summed E-state index contributed by atoms with van der Waals surface area (Å²) in [7, 11) is 1.99. The summed E-state index contributed by atoms with van der Waals surface area (Å²) < 4.78 is 0. The standard InChI is InChI=1S/C14H22N4O/c1-9-3-5-10(6-4-9)18(2)14-11(15)7-8-12(17-14)13(16)19/h7-10H,3-6,15H2,1-2H3,(H2,16,19). The van der Waals surface area contributed by atoms with Gasteiger partial charge in [-0.15, -0.1) is 0 Å². The van der Waals surface area contributed by atoms with Crippen molar-refractivity contribution in [3.63, 3.8) is 0 Å². The minimum absolute atomic E-state index is 0.264. The molecule has 0 atom stereocenters. The van der Waals surface area contributed by atoms with Crippen LogP contribution in [0.2, 0.25) is 0 Å². The highest BCUT2D eigenvalue weighted by Crippen LogP contribution is 2.30. The normalized spacial score (nSPS) is 23.1. The van der Waals surface area contributed by atoms with E-state index < -0.39 is 5.91 Å². The van der Waals surface area contributed by atoms with E-state index in [1.54, 1.807) is 12.1 Å². The Morgan fingerprint density at radius 2 is 1.95 bits per heavy atom. The SMILES string of the molecule is CC1CCC(N(C)c2nc(C(N)=O)ccc2N)CC1. The van der Waals surface area contributed by atoms with Gasteiger partial charge in [0, 0.05) is 13.1 Å². The number of primary amides is 1. The number of nitrogens with zero attached hydrogens (tertiary/aromatic N) is 2. The van der Waals surface area contributed by atoms with Gasteiger partial charge >= 0.3 is 0 Å². The monoisotopic (exact) mass is 262 g/mol. The van der Waals surface area contributed by atoms with Crippen LogP contribution in [0.3, 0.4) is 0 Å². The van der Waals surface area contributed by atoms with Gasteiger partial charge in [0.25, 0.3) is 5.91 Å². The van der Waals surface area contributed by atoms with E-state index in [4.69, 9.17) is 11.5 Å². The van der Waals surface area contributed by atoms with Crippen LogP contribution in [0.4, 0.5) is 11.5 Å². The van der Waals surface area contributed by atoms with Crippen LogP contribution in [0.5, 0.6) is 0 Å². The number of carbonyl (C=O) groups excluding carboxylic acids is 1. The molecule has 0 bridgehead atoms. The summed E-state index contributed by atoms with van der Waals surface area (Å²) in [6.45, 7) is 2.29. The van der Waals surface area contributed by atoms with E-state index in [1.165, 1.54) is 12.8 Å². The summed E-state index contributed by atoms with van der Waals surface area (Å²) in [5.74, 6) is 0.940. The molecule has 1 heterocycles. The number of aromatic nitrogens is 1. The van der Waals surface area contributed by atoms with E-state index in [2.05, 4.69) is 16.8 Å². The van der Waals surface area contributed by atoms with Gasteiger partial charge in [-0.2, -0.15) is 0 Å². The lowest BCUT2D eigenvalue weighted by molar-refractivity contribution is 0.0995. The molecular weight excluding hydrogens is 240 g/mol. The predicted molar refractivity (Wildman–Crippen MR) is 77.0 cm³/mol. The summed E-state index contributed by atoms with van der Waals surface area (Å²) in [5.41, 5.74) is 12.1. The van der Waals surface area contributed by atoms with Crippen LogP contribution in [-0.2, 0) is 0 Å². The largest absolute Gasteiger partial charge is 0.396 e. The molecule has 0 unspecified atom stereocenters. The second kappa shape index (κ2) is 5.47. The highest BCUT2D eigenvalue weighted by atomic mass is 16.1. The quantitative estimate of drug-likeness (QED) is 0.869. The van der Waals surface area contributed by atoms with Crippen molar-refractivity contribution in [1.29, 1.82) is 0 Å². The van der Waals surface area contributed by atoms with Crippen LogP contribution in [-0.4, -0.2) is 24.0 Å². The van der Waals surface area contributed by atoms with Crippen molar-refractivity contribution in [3.05, 3.63) is 17.8 Å². The lowest BCUT2D eigenvalue weighted by atomic mass is 9.87. The molecule has 1 fully saturated rings. The number of carbonyl (C=O) groups is 1. The first-order chi connectivity index (χ1) is 8.99. The predicted octanol–water partition coefficient (Wildman–Crippen LogP) is 1.78. The first-order valence-corrected chi connectivity index (χ1v) is 6.78. The topological polar surface area (TPSA) is 85.2 Å². The molecule has 1 aromatic heterocycles. The smallest absolute Gasteiger partial charge is 0.267 e. The van der Waals surface area contributed by atoms with Gasteiger partial charge in [0.15, 0.2) is 5.82 Å². The molecule has 0 radical (unpaired) electrons. The summed E-state index contributed by atoms with van der Waals surface area (Å²) in [4.78, 5) is 17.6. The minimum Gasteiger partial charge on any atom is -0.396 e. The molecule has 1 aliphatic carbocycles. The Kier molecular flexibility index (Phi) is 3.93. The molecular formula is C14H22N4O. The Labute approximate surface area is 114 Å². The van der Waals surface area contributed by atoms with Crippen molar-refractivity contribution in [1.82, 2.24) is 4.98 Å². The van der Waals surface area contributed by atoms with Crippen molar-refractivity contribution in [3.8, 4) is 0 Å². The Bertz CT molecular complexity index is 467. The number of rotatable bonds is 3. The lowest BCUT2D eigenvalue weighted by Crippen LogP contribution is -2.36. The van der Waals surface area contributed by atoms with Crippen LogP contribution < -0.4 is 16.4 Å². The number of pyridine rings is 1. The summed E-state index contributed by atoms with van der Waals surface area (Å²) in [6, 6.07) is 3.71. The van der Waals surface area contributed by atoms with Gasteiger partial charge in [-0.05, 0) is 43.7 Å². The fourth-order valence-electron chi connectivity index (χ4n) is 2.68. The van der Waals surface area contributed by atoms with Crippen molar-refractivity contribution in [2.45, 2.75) is 38.6 Å². The molecule has 1 aromatic rings. The molecule has 0 saturated heterocycles. The van der Waals surface area contributed by atoms with E-state index >= 15 is 0 Å². The highest BCUT2D eigenvalue weighted by Gasteiger charge is 2.24. The third-order valence-electron chi connectivity index (χ3n) is 4.02. The maximum absolute atomic E-state index is 11.2. The zero-order valence-electron chi connectivity index (χ0n) is 11.6. The Hall–Kier alpha value is -1.78. The second-order valence-electron chi connectivity index (χ2n) is 5.50. The van der Waals surface area contributed by atoms with E-state index in [0.29, 0.717) is 17.5 Å². The van der Waals surface area contributed by atoms with Gasteiger partial charge in [-0.1, -0.05) is 6.92 Å². The van der Waals surface area contributed by atoms with Crippen molar-refractivity contribution >= 4 is 17.4 Å². The van der Waals surface area contributed by atoms with E-state index in [1.807, 2.05) is 7.05 Å². The molecule has 19 heavy (non-hydrogen) atoms. The van der Waals surface area contributed by atoms with Crippen LogP contribution >= 0.6 is 0 Å². The fourth-order valence-corrected chi connectivity index (χ4v) is 2.68. The van der Waals surface area contributed by atoms with Crippen molar-refractivity contribution < 1.29 is 4.79 Å². The number of hydrogen-bond donors (Lipinski definition) is 2. The van der Waals surface area contributed by atoms with Crippen LogP contribution in [0, 0.1) is 5.92 Å². The third-order valence-corrected chi connectivity index (χ3v) is 4.02. The van der Waals surface area contributed by atoms with Crippen molar-refractivity contribution in [2.24, 2.45) is 11.7 Å². The van der Waals surface area contributed by atoms with Crippen molar-refractivity contribution in [2.75, 3.05) is 17.7 Å². The molecule has 1 aliphatic rings. The van der Waals surface area contributed by atoms with Gasteiger partial charge in [-0.3, -0.25) is 4.79 Å². The Morgan fingerprint density at radius 3 is 2.53 bits per heavy atom. The summed E-state index contributed by atoms with van der Waals surface area (Å²) >= 11 is 0. The number of nitrogen functional groups attached to an aromatic ring is 1. The zero-order valence-corrected chi connectivity index (χ0v) is 11.6. The molecule has 0 aromatic carbocycles. The number of nitrogens with two attached hydrogens (primary N) is 2. The number of amides is 1. The van der Waals surface area contributed by atoms with Crippen LogP contribution in [0.1, 0.15) is 43.1 Å². The van der Waals surface area contributed by atoms with E-state index in [9.17, 15) is 4.79 Å². The van der Waals surface area contributed by atoms with E-state index in [-0.39, 0.29) is 5.69 Å². The first-order valence-electron chi connectivity index (χ1n) is 6.78. The minimum atomic E-state index is -0.521. The molecule has 1 amide bonds. The fraction of sp³-hybridized carbons (Fsp3) is 0.571. The molecule has 5 heteroatoms. The number of anilines is 2. The second-order valence-corrected chi connectivity index (χ2v) is 5.50. The molecule has 104 valence electrons. The van der Waals surface area contributed by atoms with E-state index in [0.717, 1.165) is 18.8 Å². The highest BCUT2D eigenvalue weighted by molar-refractivity contribution is 5.91. The molecule has 0 spiro atoms. The maximum atomic E-state index is 11.2. The average molecular weight is 262 g/mol. The number of hydrogen-bond acceptors (Lipinski definition) is 4. The third kappa shape index (κ3) is 2.97. The Balaban J connectivity index is 2.20. The zero-order chi connectivity index (χ0) is 14.0. The molecule has 4 N–H and O–H groups in total.